The van der Waals surface area contributed by atoms with E-state index in [1.165, 1.54) is 12.3 Å². The molecule has 0 aliphatic carbocycles. The van der Waals surface area contributed by atoms with Gasteiger partial charge >= 0.3 is 0 Å². The highest BCUT2D eigenvalue weighted by Gasteiger charge is 2.14. The third-order valence-corrected chi connectivity index (χ3v) is 4.06. The summed E-state index contributed by atoms with van der Waals surface area (Å²) in [5.74, 6) is 1.19. The van der Waals surface area contributed by atoms with Crippen LogP contribution in [-0.2, 0) is 6.54 Å². The van der Waals surface area contributed by atoms with Crippen LogP contribution in [0.5, 0.6) is 11.5 Å². The summed E-state index contributed by atoms with van der Waals surface area (Å²) >= 11 is 0. The van der Waals surface area contributed by atoms with Crippen molar-refractivity contribution in [1.82, 2.24) is 10.3 Å². The van der Waals surface area contributed by atoms with Crippen molar-refractivity contribution < 1.29 is 18.7 Å². The normalized spacial score (nSPS) is 11.9. The van der Waals surface area contributed by atoms with Crippen molar-refractivity contribution in [2.24, 2.45) is 0 Å². The molecule has 1 aromatic heterocycles. The molecular formula is C20H16FN3O3. The van der Waals surface area contributed by atoms with E-state index in [-0.39, 0.29) is 25.1 Å². The fourth-order valence-electron chi connectivity index (χ4n) is 2.68. The Labute approximate surface area is 155 Å². The maximum absolute atomic E-state index is 13.7. The molecule has 1 amide bonds. The van der Waals surface area contributed by atoms with Gasteiger partial charge in [-0.05, 0) is 30.3 Å². The monoisotopic (exact) mass is 365 g/mol. The number of nitrogens with zero attached hydrogens (tertiary/aromatic N) is 1. The predicted octanol–water partition coefficient (Wildman–Crippen LogP) is 3.62. The van der Waals surface area contributed by atoms with Gasteiger partial charge in [0, 0.05) is 35.6 Å². The van der Waals surface area contributed by atoms with Crippen molar-refractivity contribution in [3.8, 4) is 11.5 Å². The van der Waals surface area contributed by atoms with Crippen LogP contribution < -0.4 is 20.1 Å². The topological polar surface area (TPSA) is 72.5 Å². The van der Waals surface area contributed by atoms with E-state index in [0.29, 0.717) is 28.4 Å². The lowest BCUT2D eigenvalue weighted by Crippen LogP contribution is -2.23. The zero-order valence-electron chi connectivity index (χ0n) is 14.2. The molecule has 6 nitrogen and oxygen atoms in total. The molecule has 0 saturated heterocycles. The summed E-state index contributed by atoms with van der Waals surface area (Å²) in [6.07, 6.45) is 1.54. The van der Waals surface area contributed by atoms with Gasteiger partial charge in [0.2, 0.25) is 6.79 Å². The molecule has 136 valence electrons. The van der Waals surface area contributed by atoms with Crippen LogP contribution in [-0.4, -0.2) is 17.7 Å². The minimum absolute atomic E-state index is 0.110. The van der Waals surface area contributed by atoms with Gasteiger partial charge in [0.1, 0.15) is 11.6 Å². The van der Waals surface area contributed by atoms with Gasteiger partial charge in [0.15, 0.2) is 11.5 Å². The summed E-state index contributed by atoms with van der Waals surface area (Å²) in [7, 11) is 0. The number of pyridine rings is 1. The van der Waals surface area contributed by atoms with Crippen LogP contribution >= 0.6 is 0 Å². The largest absolute Gasteiger partial charge is 0.454 e. The number of benzene rings is 2. The van der Waals surface area contributed by atoms with Gasteiger partial charge in [-0.2, -0.15) is 0 Å². The Kier molecular flexibility index (Phi) is 4.57. The van der Waals surface area contributed by atoms with E-state index >= 15 is 0 Å². The number of rotatable bonds is 5. The minimum atomic E-state index is -0.349. The summed E-state index contributed by atoms with van der Waals surface area (Å²) in [4.78, 5) is 16.6. The molecule has 0 atom stereocenters. The number of hydrogen-bond donors (Lipinski definition) is 2. The van der Waals surface area contributed by atoms with Crippen molar-refractivity contribution in [1.29, 1.82) is 0 Å². The predicted molar refractivity (Wildman–Crippen MR) is 97.7 cm³/mol. The molecule has 7 heteroatoms. The number of nitrogens with one attached hydrogen (secondary N) is 2. The number of ether oxygens (including phenoxy) is 2. The zero-order chi connectivity index (χ0) is 18.6. The Hall–Kier alpha value is -3.61. The Balaban J connectivity index is 1.44. The first kappa shape index (κ1) is 16.8. The van der Waals surface area contributed by atoms with Gasteiger partial charge in [-0.1, -0.05) is 18.2 Å². The highest BCUT2D eigenvalue weighted by atomic mass is 19.1. The molecule has 2 heterocycles. The molecule has 0 saturated carbocycles. The molecular weight excluding hydrogens is 349 g/mol. The van der Waals surface area contributed by atoms with Gasteiger partial charge in [-0.25, -0.2) is 9.37 Å². The summed E-state index contributed by atoms with van der Waals surface area (Å²) < 4.78 is 24.3. The van der Waals surface area contributed by atoms with Crippen molar-refractivity contribution >= 4 is 17.4 Å². The molecule has 0 bridgehead atoms. The lowest BCUT2D eigenvalue weighted by atomic mass is 10.2. The SMILES string of the molecule is O=C(NCc1ccccc1F)c1ccnc(Nc2ccc3c(c2)OCO3)c1. The van der Waals surface area contributed by atoms with Gasteiger partial charge < -0.3 is 20.1 Å². The number of fused-ring (bicyclic) bond motifs is 1. The summed E-state index contributed by atoms with van der Waals surface area (Å²) in [6.45, 7) is 0.313. The second-order valence-electron chi connectivity index (χ2n) is 5.90. The Morgan fingerprint density at radius 3 is 2.81 bits per heavy atom. The maximum Gasteiger partial charge on any atom is 0.251 e. The molecule has 0 fully saturated rings. The van der Waals surface area contributed by atoms with Crippen LogP contribution in [0.2, 0.25) is 0 Å². The van der Waals surface area contributed by atoms with Crippen molar-refractivity contribution in [3.63, 3.8) is 0 Å². The first-order chi connectivity index (χ1) is 13.2. The first-order valence-electron chi connectivity index (χ1n) is 8.33. The van der Waals surface area contributed by atoms with Gasteiger partial charge in [-0.3, -0.25) is 4.79 Å². The molecule has 2 aromatic carbocycles. The third kappa shape index (κ3) is 3.82. The quantitative estimate of drug-likeness (QED) is 0.722. The van der Waals surface area contributed by atoms with E-state index in [9.17, 15) is 9.18 Å². The number of aromatic nitrogens is 1. The second kappa shape index (κ2) is 7.33. The zero-order valence-corrected chi connectivity index (χ0v) is 14.2. The lowest BCUT2D eigenvalue weighted by Gasteiger charge is -2.09. The molecule has 0 unspecified atom stereocenters. The highest BCUT2D eigenvalue weighted by molar-refractivity contribution is 5.94. The van der Waals surface area contributed by atoms with E-state index in [0.717, 1.165) is 5.69 Å². The van der Waals surface area contributed by atoms with E-state index < -0.39 is 0 Å². The second-order valence-corrected chi connectivity index (χ2v) is 5.90. The molecule has 1 aliphatic rings. The van der Waals surface area contributed by atoms with E-state index in [1.54, 1.807) is 42.5 Å². The van der Waals surface area contributed by atoms with Crippen LogP contribution in [0, 0.1) is 5.82 Å². The number of amides is 1. The first-order valence-corrected chi connectivity index (χ1v) is 8.33. The number of hydrogen-bond acceptors (Lipinski definition) is 5. The molecule has 3 aromatic rings. The Bertz CT molecular complexity index is 994. The fraction of sp³-hybridized carbons (Fsp3) is 0.100. The molecule has 2 N–H and O–H groups in total. The number of halogens is 1. The van der Waals surface area contributed by atoms with Gasteiger partial charge in [0.25, 0.3) is 5.91 Å². The molecule has 27 heavy (non-hydrogen) atoms. The van der Waals surface area contributed by atoms with Gasteiger partial charge in [-0.15, -0.1) is 0 Å². The molecule has 0 radical (unpaired) electrons. The molecule has 4 rings (SSSR count). The van der Waals surface area contributed by atoms with Crippen molar-refractivity contribution in [3.05, 3.63) is 77.7 Å². The van der Waals surface area contributed by atoms with Crippen LogP contribution in [0.25, 0.3) is 0 Å². The summed E-state index contributed by atoms with van der Waals surface area (Å²) in [5.41, 5.74) is 1.61. The minimum Gasteiger partial charge on any atom is -0.454 e. The van der Waals surface area contributed by atoms with E-state index in [1.807, 2.05) is 6.07 Å². The Morgan fingerprint density at radius 1 is 1.07 bits per heavy atom. The number of carbonyl (C=O) groups excluding carboxylic acids is 1. The number of carbonyl (C=O) groups is 1. The van der Waals surface area contributed by atoms with Crippen molar-refractivity contribution in [2.45, 2.75) is 6.54 Å². The average Bonchev–Trinajstić information content (AvgIpc) is 3.15. The van der Waals surface area contributed by atoms with Crippen LogP contribution in [0.4, 0.5) is 15.9 Å². The summed E-state index contributed by atoms with van der Waals surface area (Å²) in [5, 5.41) is 5.84. The Morgan fingerprint density at radius 2 is 1.93 bits per heavy atom. The fourth-order valence-corrected chi connectivity index (χ4v) is 2.68. The third-order valence-electron chi connectivity index (χ3n) is 4.06. The van der Waals surface area contributed by atoms with Gasteiger partial charge in [0.05, 0.1) is 0 Å². The summed E-state index contributed by atoms with van der Waals surface area (Å²) in [6, 6.07) is 15.0. The van der Waals surface area contributed by atoms with E-state index in [2.05, 4.69) is 15.6 Å². The smallest absolute Gasteiger partial charge is 0.251 e. The van der Waals surface area contributed by atoms with Crippen LogP contribution in [0.1, 0.15) is 15.9 Å². The molecule has 0 spiro atoms. The molecule has 1 aliphatic heterocycles. The standard InChI is InChI=1S/C20H16FN3O3/c21-16-4-2-1-3-14(16)11-23-20(25)13-7-8-22-19(9-13)24-15-5-6-17-18(10-15)27-12-26-17/h1-10H,11-12H2,(H,22,24)(H,23,25). The van der Waals surface area contributed by atoms with E-state index in [4.69, 9.17) is 9.47 Å². The van der Waals surface area contributed by atoms with Crippen molar-refractivity contribution in [2.75, 3.05) is 12.1 Å². The highest BCUT2D eigenvalue weighted by Crippen LogP contribution is 2.34. The van der Waals surface area contributed by atoms with Crippen LogP contribution in [0.3, 0.4) is 0 Å². The maximum atomic E-state index is 13.7. The average molecular weight is 365 g/mol. The van der Waals surface area contributed by atoms with Crippen LogP contribution in [0.15, 0.2) is 60.8 Å². The number of anilines is 2. The lowest BCUT2D eigenvalue weighted by molar-refractivity contribution is 0.0950.